The van der Waals surface area contributed by atoms with E-state index in [-0.39, 0.29) is 21.5 Å². The normalized spacial score (nSPS) is 16.9. The molecule has 1 saturated heterocycles. The number of methoxy groups -OCH3 is 1. The summed E-state index contributed by atoms with van der Waals surface area (Å²) >= 11 is 0. The molecule has 0 unspecified atom stereocenters. The van der Waals surface area contributed by atoms with Crippen LogP contribution in [0.25, 0.3) is 0 Å². The van der Waals surface area contributed by atoms with Gasteiger partial charge < -0.3 is 19.4 Å². The van der Waals surface area contributed by atoms with Crippen molar-refractivity contribution in [1.29, 1.82) is 0 Å². The molecule has 0 aliphatic carbocycles. The molecule has 0 saturated carbocycles. The zero-order chi connectivity index (χ0) is 21.2. The number of benzene rings is 1. The molecular formula is C21H28N2O5S. The van der Waals surface area contributed by atoms with Crippen molar-refractivity contribution in [3.63, 3.8) is 0 Å². The summed E-state index contributed by atoms with van der Waals surface area (Å²) in [5.74, 6) is -0.0443. The first kappa shape index (κ1) is 21.5. The van der Waals surface area contributed by atoms with Gasteiger partial charge in [-0.15, -0.1) is 0 Å². The van der Waals surface area contributed by atoms with Crippen LogP contribution in [-0.2, 0) is 30.7 Å². The average molecular weight is 421 g/mol. The molecule has 2 heterocycles. The molecule has 0 spiro atoms. The van der Waals surface area contributed by atoms with Crippen LogP contribution >= 0.6 is 0 Å². The highest BCUT2D eigenvalue weighted by Crippen LogP contribution is 2.35. The van der Waals surface area contributed by atoms with Crippen molar-refractivity contribution in [2.75, 3.05) is 25.6 Å². The van der Waals surface area contributed by atoms with Gasteiger partial charge >= 0.3 is 0 Å². The number of hydrogen-bond donors (Lipinski definition) is 1. The molecular weight excluding hydrogens is 392 g/mol. The Morgan fingerprint density at radius 1 is 1.24 bits per heavy atom. The second-order valence-corrected chi connectivity index (χ2v) is 9.23. The van der Waals surface area contributed by atoms with Crippen LogP contribution in [0.2, 0.25) is 0 Å². The van der Waals surface area contributed by atoms with E-state index in [1.807, 2.05) is 13.8 Å². The predicted octanol–water partition coefficient (Wildman–Crippen LogP) is 3.01. The lowest BCUT2D eigenvalue weighted by molar-refractivity contribution is -0.124. The Bertz CT molecular complexity index is 987. The highest BCUT2D eigenvalue weighted by molar-refractivity contribution is 7.91. The minimum absolute atomic E-state index is 0.126. The van der Waals surface area contributed by atoms with Crippen molar-refractivity contribution in [2.24, 2.45) is 0 Å². The van der Waals surface area contributed by atoms with Crippen molar-refractivity contribution in [3.8, 4) is 0 Å². The van der Waals surface area contributed by atoms with Crippen LogP contribution in [0, 0.1) is 20.8 Å². The van der Waals surface area contributed by atoms with Gasteiger partial charge in [-0.3, -0.25) is 4.79 Å². The van der Waals surface area contributed by atoms with Gasteiger partial charge in [0, 0.05) is 26.0 Å². The summed E-state index contributed by atoms with van der Waals surface area (Å²) in [6.45, 7) is 6.87. The summed E-state index contributed by atoms with van der Waals surface area (Å²) in [6, 6.07) is 6.72. The van der Waals surface area contributed by atoms with E-state index in [0.717, 1.165) is 17.7 Å². The predicted molar refractivity (Wildman–Crippen MR) is 110 cm³/mol. The third-order valence-electron chi connectivity index (χ3n) is 5.36. The number of hydrogen-bond acceptors (Lipinski definition) is 5. The molecule has 1 aliphatic rings. The fraction of sp³-hybridized carbons (Fsp3) is 0.476. The molecule has 1 aromatic carbocycles. The molecule has 0 bridgehead atoms. The van der Waals surface area contributed by atoms with E-state index in [1.54, 1.807) is 42.9 Å². The zero-order valence-electron chi connectivity index (χ0n) is 17.3. The van der Waals surface area contributed by atoms with Crippen LogP contribution in [0.3, 0.4) is 0 Å². The van der Waals surface area contributed by atoms with Crippen molar-refractivity contribution in [1.82, 2.24) is 4.57 Å². The number of carbonyl (C=O) groups excluding carboxylic acids is 1. The summed E-state index contributed by atoms with van der Waals surface area (Å²) < 4.78 is 39.5. The van der Waals surface area contributed by atoms with Crippen LogP contribution in [0.15, 0.2) is 34.1 Å². The molecule has 1 aromatic heterocycles. The number of aryl methyl sites for hydroxylation is 1. The summed E-state index contributed by atoms with van der Waals surface area (Å²) in [5.41, 5.74) is 2.36. The number of sulfone groups is 1. The molecule has 8 heteroatoms. The van der Waals surface area contributed by atoms with Crippen LogP contribution in [0.1, 0.15) is 29.7 Å². The number of carbonyl (C=O) groups is 1. The van der Waals surface area contributed by atoms with E-state index in [1.165, 1.54) is 0 Å². The third-order valence-corrected chi connectivity index (χ3v) is 7.29. The molecule has 7 nitrogen and oxygen atoms in total. The number of rotatable bonds is 7. The standard InChI is InChI=1S/C21H28N2O5S/c1-14-7-9-17(10-8-14)29(25,26)19-15(2)16(3)23(11-13-27-4)20(19)22-21(24)18-6-5-12-28-18/h7-10,18H,5-6,11-13H2,1-4H3,(H,22,24)/t18-/m0/s1. The van der Waals surface area contributed by atoms with Gasteiger partial charge in [-0.1, -0.05) is 17.7 Å². The van der Waals surface area contributed by atoms with Crippen molar-refractivity contribution >= 4 is 21.6 Å². The molecule has 1 fully saturated rings. The van der Waals surface area contributed by atoms with Gasteiger partial charge in [-0.05, 0) is 51.3 Å². The minimum Gasteiger partial charge on any atom is -0.383 e. The summed E-state index contributed by atoms with van der Waals surface area (Å²) in [5, 5.41) is 2.84. The number of aromatic nitrogens is 1. The van der Waals surface area contributed by atoms with Gasteiger partial charge in [0.05, 0.1) is 11.5 Å². The minimum atomic E-state index is -3.83. The van der Waals surface area contributed by atoms with Gasteiger partial charge in [-0.25, -0.2) is 8.42 Å². The molecule has 1 atom stereocenters. The van der Waals surface area contributed by atoms with Crippen LogP contribution in [0.5, 0.6) is 0 Å². The molecule has 2 aromatic rings. The van der Waals surface area contributed by atoms with Crippen molar-refractivity contribution < 1.29 is 22.7 Å². The number of anilines is 1. The van der Waals surface area contributed by atoms with Gasteiger partial charge in [0.2, 0.25) is 9.84 Å². The Hall–Kier alpha value is -2.16. The first-order valence-electron chi connectivity index (χ1n) is 9.70. The second kappa shape index (κ2) is 8.69. The first-order valence-corrected chi connectivity index (χ1v) is 11.2. The molecule has 1 N–H and O–H groups in total. The topological polar surface area (TPSA) is 86.6 Å². The highest BCUT2D eigenvalue weighted by atomic mass is 32.2. The lowest BCUT2D eigenvalue weighted by Crippen LogP contribution is -2.29. The third kappa shape index (κ3) is 4.24. The fourth-order valence-corrected chi connectivity index (χ4v) is 5.26. The Kier molecular flexibility index (Phi) is 6.45. The molecule has 1 aliphatic heterocycles. The van der Waals surface area contributed by atoms with Crippen LogP contribution < -0.4 is 5.32 Å². The first-order chi connectivity index (χ1) is 13.8. The van der Waals surface area contributed by atoms with Gasteiger partial charge in [0.25, 0.3) is 5.91 Å². The fourth-order valence-electron chi connectivity index (χ4n) is 3.57. The highest BCUT2D eigenvalue weighted by Gasteiger charge is 2.32. The van der Waals surface area contributed by atoms with Crippen molar-refractivity contribution in [2.45, 2.75) is 56.1 Å². The second-order valence-electron chi connectivity index (χ2n) is 7.34. The zero-order valence-corrected chi connectivity index (χ0v) is 18.1. The van der Waals surface area contributed by atoms with E-state index >= 15 is 0 Å². The van der Waals surface area contributed by atoms with E-state index in [9.17, 15) is 13.2 Å². The maximum Gasteiger partial charge on any atom is 0.254 e. The molecule has 3 rings (SSSR count). The number of amides is 1. The monoisotopic (exact) mass is 420 g/mol. The Labute approximate surface area is 171 Å². The smallest absolute Gasteiger partial charge is 0.254 e. The number of nitrogens with one attached hydrogen (secondary N) is 1. The Morgan fingerprint density at radius 3 is 2.52 bits per heavy atom. The van der Waals surface area contributed by atoms with E-state index in [4.69, 9.17) is 9.47 Å². The maximum atomic E-state index is 13.5. The Morgan fingerprint density at radius 2 is 1.93 bits per heavy atom. The molecule has 1 amide bonds. The maximum absolute atomic E-state index is 13.5. The Balaban J connectivity index is 2.11. The van der Waals surface area contributed by atoms with Crippen molar-refractivity contribution in [3.05, 3.63) is 41.1 Å². The quantitative estimate of drug-likeness (QED) is 0.744. The summed E-state index contributed by atoms with van der Waals surface area (Å²) in [6.07, 6.45) is 0.883. The van der Waals surface area contributed by atoms with E-state index < -0.39 is 15.9 Å². The summed E-state index contributed by atoms with van der Waals surface area (Å²) in [4.78, 5) is 13.1. The molecule has 0 radical (unpaired) electrons. The van der Waals surface area contributed by atoms with Gasteiger partial charge in [-0.2, -0.15) is 0 Å². The van der Waals surface area contributed by atoms with Gasteiger partial charge in [0.15, 0.2) is 0 Å². The largest absolute Gasteiger partial charge is 0.383 e. The molecule has 29 heavy (non-hydrogen) atoms. The van der Waals surface area contributed by atoms with E-state index in [2.05, 4.69) is 5.32 Å². The SMILES string of the molecule is COCCn1c(C)c(C)c(S(=O)(=O)c2ccc(C)cc2)c1NC(=O)[C@@H]1CCCO1. The van der Waals surface area contributed by atoms with Gasteiger partial charge in [0.1, 0.15) is 16.8 Å². The number of ether oxygens (including phenoxy) is 2. The lowest BCUT2D eigenvalue weighted by Gasteiger charge is -2.16. The van der Waals surface area contributed by atoms with E-state index in [0.29, 0.717) is 31.7 Å². The average Bonchev–Trinajstić information content (AvgIpc) is 3.29. The van der Waals surface area contributed by atoms with Crippen LogP contribution in [0.4, 0.5) is 5.82 Å². The number of nitrogens with zero attached hydrogens (tertiary/aromatic N) is 1. The lowest BCUT2D eigenvalue weighted by atomic mass is 10.2. The molecule has 158 valence electrons. The van der Waals surface area contributed by atoms with Crippen LogP contribution in [-0.4, -0.2) is 45.3 Å². The summed E-state index contributed by atoms with van der Waals surface area (Å²) in [7, 11) is -2.25.